The van der Waals surface area contributed by atoms with Gasteiger partial charge in [-0.2, -0.15) is 0 Å². The molecule has 0 radical (unpaired) electrons. The largest absolute Gasteiger partial charge is 0.497 e. The van der Waals surface area contributed by atoms with Gasteiger partial charge in [0.25, 0.3) is 5.78 Å². The fourth-order valence-electron chi connectivity index (χ4n) is 1.46. The van der Waals surface area contributed by atoms with E-state index in [-0.39, 0.29) is 22.0 Å². The van der Waals surface area contributed by atoms with E-state index in [9.17, 15) is 18.0 Å². The third-order valence-electron chi connectivity index (χ3n) is 2.31. The molecule has 0 fully saturated rings. The number of Topliss-reactive ketones (excluding diaryl/α,β-unsaturated/α-hetero) is 1. The van der Waals surface area contributed by atoms with Crippen molar-refractivity contribution in [3.8, 4) is 11.5 Å². The van der Waals surface area contributed by atoms with Crippen LogP contribution < -0.4 is 9.47 Å². The second-order valence-corrected chi connectivity index (χ2v) is 5.60. The van der Waals surface area contributed by atoms with Crippen LogP contribution in [0.2, 0.25) is 0 Å². The average molecular weight is 288 g/mol. The summed E-state index contributed by atoms with van der Waals surface area (Å²) in [6, 6.07) is 2.27. The van der Waals surface area contributed by atoms with Crippen molar-refractivity contribution in [2.75, 3.05) is 20.5 Å². The highest BCUT2D eigenvalue weighted by molar-refractivity contribution is 7.90. The number of ether oxygens (including phenoxy) is 2. The van der Waals surface area contributed by atoms with Gasteiger partial charge in [-0.1, -0.05) is 0 Å². The molecule has 19 heavy (non-hydrogen) atoms. The van der Waals surface area contributed by atoms with Gasteiger partial charge in [0.15, 0.2) is 9.84 Å². The number of carboxylic acid groups (broad SMARTS) is 1. The molecule has 7 nitrogen and oxygen atoms in total. The first-order valence-corrected chi connectivity index (χ1v) is 6.85. The predicted molar refractivity (Wildman–Crippen MR) is 64.6 cm³/mol. The number of hydrogen-bond acceptors (Lipinski definition) is 6. The molecule has 0 unspecified atom stereocenters. The van der Waals surface area contributed by atoms with Crippen LogP contribution in [-0.4, -0.2) is 45.8 Å². The van der Waals surface area contributed by atoms with Gasteiger partial charge in [-0.3, -0.25) is 4.79 Å². The Morgan fingerprint density at radius 3 is 2.11 bits per heavy atom. The van der Waals surface area contributed by atoms with E-state index < -0.39 is 21.6 Å². The Hall–Kier alpha value is -2.09. The summed E-state index contributed by atoms with van der Waals surface area (Å²) in [5, 5.41) is 8.72. The zero-order valence-electron chi connectivity index (χ0n) is 10.5. The Balaban J connectivity index is 3.72. The number of carbonyl (C=O) groups is 2. The molecular formula is C11H12O7S. The van der Waals surface area contributed by atoms with Gasteiger partial charge in [0.2, 0.25) is 0 Å². The number of rotatable bonds is 5. The van der Waals surface area contributed by atoms with E-state index in [1.54, 1.807) is 0 Å². The molecule has 0 bridgehead atoms. The summed E-state index contributed by atoms with van der Waals surface area (Å²) in [7, 11) is -1.30. The van der Waals surface area contributed by atoms with Gasteiger partial charge < -0.3 is 14.6 Å². The number of ketones is 1. The molecule has 8 heteroatoms. The van der Waals surface area contributed by atoms with Crippen LogP contribution in [0, 0.1) is 0 Å². The number of hydrogen-bond donors (Lipinski definition) is 1. The molecule has 0 atom stereocenters. The minimum Gasteiger partial charge on any atom is -0.497 e. The first kappa shape index (κ1) is 15.0. The fraction of sp³-hybridized carbons (Fsp3) is 0.273. The topological polar surface area (TPSA) is 107 Å². The Labute approximate surface area is 109 Å². The van der Waals surface area contributed by atoms with Crippen LogP contribution in [0.1, 0.15) is 10.4 Å². The average Bonchev–Trinajstić information content (AvgIpc) is 2.34. The van der Waals surface area contributed by atoms with Crippen molar-refractivity contribution in [3.63, 3.8) is 0 Å². The standard InChI is InChI=1S/C11H12O7S/c1-17-6-4-7(9(12)11(13)14)10(18-2)8(5-6)19(3,15)16/h4-5H,1-3H3,(H,13,14). The van der Waals surface area contributed by atoms with Crippen LogP contribution in [0.3, 0.4) is 0 Å². The number of benzene rings is 1. The Morgan fingerprint density at radius 2 is 1.74 bits per heavy atom. The quantitative estimate of drug-likeness (QED) is 0.616. The number of aliphatic carboxylic acids is 1. The van der Waals surface area contributed by atoms with Crippen LogP contribution in [0.4, 0.5) is 0 Å². The van der Waals surface area contributed by atoms with Crippen molar-refractivity contribution < 1.29 is 32.6 Å². The zero-order valence-corrected chi connectivity index (χ0v) is 11.3. The Bertz CT molecular complexity index is 631. The molecule has 0 aromatic heterocycles. The summed E-state index contributed by atoms with van der Waals surface area (Å²) in [5.74, 6) is -3.26. The van der Waals surface area contributed by atoms with Crippen molar-refractivity contribution in [1.82, 2.24) is 0 Å². The van der Waals surface area contributed by atoms with E-state index >= 15 is 0 Å². The molecule has 0 saturated carbocycles. The second kappa shape index (κ2) is 5.27. The second-order valence-electron chi connectivity index (χ2n) is 3.61. The first-order chi connectivity index (χ1) is 8.72. The third kappa shape index (κ3) is 3.02. The molecule has 1 aromatic carbocycles. The van der Waals surface area contributed by atoms with Gasteiger partial charge in [-0.25, -0.2) is 13.2 Å². The molecule has 1 aromatic rings. The molecule has 0 saturated heterocycles. The smallest absolute Gasteiger partial charge is 0.377 e. The van der Waals surface area contributed by atoms with Crippen molar-refractivity contribution in [2.45, 2.75) is 4.90 Å². The van der Waals surface area contributed by atoms with Crippen molar-refractivity contribution in [1.29, 1.82) is 0 Å². The van der Waals surface area contributed by atoms with E-state index in [0.29, 0.717) is 0 Å². The number of carbonyl (C=O) groups excluding carboxylic acids is 1. The highest BCUT2D eigenvalue weighted by atomic mass is 32.2. The van der Waals surface area contributed by atoms with E-state index in [0.717, 1.165) is 25.5 Å². The van der Waals surface area contributed by atoms with Gasteiger partial charge in [-0.15, -0.1) is 0 Å². The normalized spacial score (nSPS) is 10.9. The van der Waals surface area contributed by atoms with Gasteiger partial charge in [0.05, 0.1) is 19.8 Å². The summed E-state index contributed by atoms with van der Waals surface area (Å²) >= 11 is 0. The van der Waals surface area contributed by atoms with Crippen LogP contribution in [0.15, 0.2) is 17.0 Å². The summed E-state index contributed by atoms with van der Waals surface area (Å²) < 4.78 is 33.0. The molecule has 0 amide bonds. The van der Waals surface area contributed by atoms with Crippen molar-refractivity contribution >= 4 is 21.6 Å². The highest BCUT2D eigenvalue weighted by Gasteiger charge is 2.26. The number of methoxy groups -OCH3 is 2. The first-order valence-electron chi connectivity index (χ1n) is 4.96. The molecule has 0 aliphatic rings. The summed E-state index contributed by atoms with van der Waals surface area (Å²) in [6.07, 6.45) is 0.916. The summed E-state index contributed by atoms with van der Waals surface area (Å²) in [4.78, 5) is 22.0. The van der Waals surface area contributed by atoms with Crippen LogP contribution >= 0.6 is 0 Å². The van der Waals surface area contributed by atoms with Gasteiger partial charge in [0, 0.05) is 12.3 Å². The molecule has 1 rings (SSSR count). The summed E-state index contributed by atoms with van der Waals surface area (Å²) in [6.45, 7) is 0. The van der Waals surface area contributed by atoms with Gasteiger partial charge in [-0.05, 0) is 6.07 Å². The van der Waals surface area contributed by atoms with E-state index in [1.807, 2.05) is 0 Å². The molecule has 0 aliphatic carbocycles. The lowest BCUT2D eigenvalue weighted by Gasteiger charge is -2.12. The Morgan fingerprint density at radius 1 is 1.16 bits per heavy atom. The molecule has 1 N–H and O–H groups in total. The van der Waals surface area contributed by atoms with E-state index in [2.05, 4.69) is 0 Å². The molecule has 0 heterocycles. The molecule has 0 aliphatic heterocycles. The molecule has 0 spiro atoms. The Kier molecular flexibility index (Phi) is 4.15. The lowest BCUT2D eigenvalue weighted by Crippen LogP contribution is -2.16. The maximum atomic E-state index is 11.6. The van der Waals surface area contributed by atoms with Crippen molar-refractivity contribution in [3.05, 3.63) is 17.7 Å². The lowest BCUT2D eigenvalue weighted by molar-refractivity contribution is -0.131. The van der Waals surface area contributed by atoms with E-state index in [4.69, 9.17) is 14.6 Å². The highest BCUT2D eigenvalue weighted by Crippen LogP contribution is 2.33. The van der Waals surface area contributed by atoms with Gasteiger partial charge >= 0.3 is 5.97 Å². The predicted octanol–water partition coefficient (Wildman–Crippen LogP) is 0.375. The fourth-order valence-corrected chi connectivity index (χ4v) is 2.32. The van der Waals surface area contributed by atoms with Crippen LogP contribution in [-0.2, 0) is 14.6 Å². The number of sulfone groups is 1. The SMILES string of the molecule is COc1cc(C(=O)C(=O)O)c(OC)c(S(C)(=O)=O)c1. The molecule has 104 valence electrons. The summed E-state index contributed by atoms with van der Waals surface area (Å²) in [5.41, 5.74) is -0.380. The minimum atomic E-state index is -3.71. The lowest BCUT2D eigenvalue weighted by atomic mass is 10.1. The monoisotopic (exact) mass is 288 g/mol. The van der Waals surface area contributed by atoms with Gasteiger partial charge in [0.1, 0.15) is 16.4 Å². The maximum absolute atomic E-state index is 11.6. The van der Waals surface area contributed by atoms with Crippen molar-refractivity contribution in [2.24, 2.45) is 0 Å². The zero-order chi connectivity index (χ0) is 14.8. The third-order valence-corrected chi connectivity index (χ3v) is 3.41. The molecular weight excluding hydrogens is 276 g/mol. The minimum absolute atomic E-state index is 0.0471. The maximum Gasteiger partial charge on any atom is 0.377 e. The number of carboxylic acids is 1. The van der Waals surface area contributed by atoms with Crippen LogP contribution in [0.5, 0.6) is 11.5 Å². The van der Waals surface area contributed by atoms with Crippen LogP contribution in [0.25, 0.3) is 0 Å². The van der Waals surface area contributed by atoms with E-state index in [1.165, 1.54) is 7.11 Å².